The average Bonchev–Trinajstić information content (AvgIpc) is 3.11. The first-order valence-electron chi connectivity index (χ1n) is 6.62. The van der Waals surface area contributed by atoms with Gasteiger partial charge in [0.15, 0.2) is 0 Å². The van der Waals surface area contributed by atoms with Crippen molar-refractivity contribution in [2.24, 2.45) is 5.41 Å². The fourth-order valence-electron chi connectivity index (χ4n) is 2.74. The molecule has 3 heteroatoms. The SMILES string of the molecule is CC1CNCC2(CC2)CN1Cc1ccccn1. The smallest absolute Gasteiger partial charge is 0.0544 e. The Labute approximate surface area is 103 Å². The first-order chi connectivity index (χ1) is 8.27. The Balaban J connectivity index is 1.71. The van der Waals surface area contributed by atoms with Crippen LogP contribution in [0.4, 0.5) is 0 Å². The Bertz CT molecular complexity index is 372. The average molecular weight is 231 g/mol. The van der Waals surface area contributed by atoms with Crippen molar-refractivity contribution >= 4 is 0 Å². The molecule has 0 radical (unpaired) electrons. The van der Waals surface area contributed by atoms with Gasteiger partial charge in [-0.1, -0.05) is 6.07 Å². The van der Waals surface area contributed by atoms with E-state index in [1.807, 2.05) is 12.3 Å². The molecule has 2 heterocycles. The minimum atomic E-state index is 0.583. The number of hydrogen-bond donors (Lipinski definition) is 1. The zero-order chi connectivity index (χ0) is 11.7. The maximum absolute atomic E-state index is 4.44. The van der Waals surface area contributed by atoms with Crippen LogP contribution in [0.15, 0.2) is 24.4 Å². The van der Waals surface area contributed by atoms with Gasteiger partial charge in [-0.25, -0.2) is 0 Å². The number of hydrogen-bond acceptors (Lipinski definition) is 3. The molecular weight excluding hydrogens is 210 g/mol. The summed E-state index contributed by atoms with van der Waals surface area (Å²) in [5, 5.41) is 3.60. The number of rotatable bonds is 2. The van der Waals surface area contributed by atoms with Crippen molar-refractivity contribution in [2.45, 2.75) is 32.4 Å². The molecule has 1 aromatic heterocycles. The van der Waals surface area contributed by atoms with E-state index in [0.717, 1.165) is 13.1 Å². The van der Waals surface area contributed by atoms with E-state index in [9.17, 15) is 0 Å². The van der Waals surface area contributed by atoms with Crippen molar-refractivity contribution in [1.29, 1.82) is 0 Å². The molecule has 1 unspecified atom stereocenters. The normalized spacial score (nSPS) is 27.9. The maximum Gasteiger partial charge on any atom is 0.0544 e. The Morgan fingerprint density at radius 1 is 1.47 bits per heavy atom. The summed E-state index contributed by atoms with van der Waals surface area (Å²) < 4.78 is 0. The third kappa shape index (κ3) is 2.50. The van der Waals surface area contributed by atoms with Gasteiger partial charge in [0, 0.05) is 38.4 Å². The summed E-state index contributed by atoms with van der Waals surface area (Å²) in [6, 6.07) is 6.80. The highest BCUT2D eigenvalue weighted by Crippen LogP contribution is 2.46. The van der Waals surface area contributed by atoms with Crippen LogP contribution < -0.4 is 5.32 Å². The van der Waals surface area contributed by atoms with Crippen molar-refractivity contribution in [2.75, 3.05) is 19.6 Å². The second-order valence-electron chi connectivity index (χ2n) is 5.71. The lowest BCUT2D eigenvalue weighted by Gasteiger charge is -2.28. The molecule has 3 rings (SSSR count). The number of pyridine rings is 1. The fraction of sp³-hybridized carbons (Fsp3) is 0.643. The monoisotopic (exact) mass is 231 g/mol. The van der Waals surface area contributed by atoms with Gasteiger partial charge in [-0.3, -0.25) is 9.88 Å². The van der Waals surface area contributed by atoms with Crippen LogP contribution in [-0.4, -0.2) is 35.6 Å². The molecule has 0 aromatic carbocycles. The van der Waals surface area contributed by atoms with Crippen LogP contribution in [0, 0.1) is 5.41 Å². The minimum Gasteiger partial charge on any atom is -0.315 e. The van der Waals surface area contributed by atoms with E-state index >= 15 is 0 Å². The van der Waals surface area contributed by atoms with Crippen LogP contribution in [0.3, 0.4) is 0 Å². The summed E-state index contributed by atoms with van der Waals surface area (Å²) in [6.07, 6.45) is 4.68. The fourth-order valence-corrected chi connectivity index (χ4v) is 2.74. The summed E-state index contributed by atoms with van der Waals surface area (Å²) in [5.74, 6) is 0. The van der Waals surface area contributed by atoms with Crippen LogP contribution >= 0.6 is 0 Å². The van der Waals surface area contributed by atoms with Gasteiger partial charge in [0.1, 0.15) is 0 Å². The Kier molecular flexibility index (Phi) is 2.89. The third-order valence-electron chi connectivity index (χ3n) is 4.15. The van der Waals surface area contributed by atoms with E-state index in [1.54, 1.807) is 0 Å². The largest absolute Gasteiger partial charge is 0.315 e. The molecule has 1 saturated carbocycles. The molecule has 92 valence electrons. The number of nitrogens with zero attached hydrogens (tertiary/aromatic N) is 2. The molecule has 1 atom stereocenters. The first-order valence-corrected chi connectivity index (χ1v) is 6.62. The zero-order valence-corrected chi connectivity index (χ0v) is 10.5. The van der Waals surface area contributed by atoms with E-state index in [4.69, 9.17) is 0 Å². The molecule has 1 aromatic rings. The second kappa shape index (κ2) is 4.39. The molecule has 17 heavy (non-hydrogen) atoms. The van der Waals surface area contributed by atoms with Gasteiger partial charge in [0.05, 0.1) is 5.69 Å². The van der Waals surface area contributed by atoms with Crippen molar-refractivity contribution in [1.82, 2.24) is 15.2 Å². The molecule has 2 fully saturated rings. The van der Waals surface area contributed by atoms with Crippen LogP contribution in [0.1, 0.15) is 25.5 Å². The molecular formula is C14H21N3. The first kappa shape index (κ1) is 11.2. The molecule has 0 bridgehead atoms. The van der Waals surface area contributed by atoms with Gasteiger partial charge >= 0.3 is 0 Å². The molecule has 1 spiro atoms. The lowest BCUT2D eigenvalue weighted by atomic mass is 10.1. The van der Waals surface area contributed by atoms with Crippen molar-refractivity contribution in [3.8, 4) is 0 Å². The summed E-state index contributed by atoms with van der Waals surface area (Å²) in [4.78, 5) is 7.04. The predicted octanol–water partition coefficient (Wildman–Crippen LogP) is 1.66. The van der Waals surface area contributed by atoms with E-state index < -0.39 is 0 Å². The number of aromatic nitrogens is 1. The number of nitrogens with one attached hydrogen (secondary N) is 1. The maximum atomic E-state index is 4.44. The van der Waals surface area contributed by atoms with Crippen LogP contribution in [0.5, 0.6) is 0 Å². The lowest BCUT2D eigenvalue weighted by Crippen LogP contribution is -2.38. The van der Waals surface area contributed by atoms with Crippen molar-refractivity contribution < 1.29 is 0 Å². The van der Waals surface area contributed by atoms with Crippen molar-refractivity contribution in [3.05, 3.63) is 30.1 Å². The van der Waals surface area contributed by atoms with E-state index in [-0.39, 0.29) is 0 Å². The van der Waals surface area contributed by atoms with E-state index in [1.165, 1.54) is 31.6 Å². The molecule has 3 nitrogen and oxygen atoms in total. The van der Waals surface area contributed by atoms with Gasteiger partial charge in [0.2, 0.25) is 0 Å². The summed E-state index contributed by atoms with van der Waals surface area (Å²) in [6.45, 7) is 6.85. The summed E-state index contributed by atoms with van der Waals surface area (Å²) in [7, 11) is 0. The van der Waals surface area contributed by atoms with Crippen LogP contribution in [0.25, 0.3) is 0 Å². The predicted molar refractivity (Wildman–Crippen MR) is 68.6 cm³/mol. The van der Waals surface area contributed by atoms with Crippen molar-refractivity contribution in [3.63, 3.8) is 0 Å². The molecule has 0 amide bonds. The quantitative estimate of drug-likeness (QED) is 0.839. The van der Waals surface area contributed by atoms with Crippen LogP contribution in [0.2, 0.25) is 0 Å². The minimum absolute atomic E-state index is 0.583. The van der Waals surface area contributed by atoms with Crippen LogP contribution in [-0.2, 0) is 6.54 Å². The highest BCUT2D eigenvalue weighted by Gasteiger charge is 2.45. The van der Waals surface area contributed by atoms with E-state index in [0.29, 0.717) is 11.5 Å². The third-order valence-corrected chi connectivity index (χ3v) is 4.15. The Hall–Kier alpha value is -0.930. The molecule has 1 saturated heterocycles. The molecule has 1 N–H and O–H groups in total. The van der Waals surface area contributed by atoms with E-state index in [2.05, 4.69) is 34.3 Å². The van der Waals surface area contributed by atoms with Gasteiger partial charge in [0.25, 0.3) is 0 Å². The highest BCUT2D eigenvalue weighted by molar-refractivity contribution is 5.06. The Morgan fingerprint density at radius 2 is 2.35 bits per heavy atom. The molecule has 2 aliphatic rings. The summed E-state index contributed by atoms with van der Waals surface area (Å²) in [5.41, 5.74) is 1.77. The Morgan fingerprint density at radius 3 is 3.06 bits per heavy atom. The second-order valence-corrected chi connectivity index (χ2v) is 5.71. The van der Waals surface area contributed by atoms with Gasteiger partial charge in [-0.05, 0) is 37.3 Å². The summed E-state index contributed by atoms with van der Waals surface area (Å²) >= 11 is 0. The standard InChI is InChI=1S/C14H21N3/c1-12-8-15-10-14(5-6-14)11-17(12)9-13-4-2-3-7-16-13/h2-4,7,12,15H,5-6,8-11H2,1H3. The lowest BCUT2D eigenvalue weighted by molar-refractivity contribution is 0.182. The zero-order valence-electron chi connectivity index (χ0n) is 10.5. The van der Waals surface area contributed by atoms with Gasteiger partial charge < -0.3 is 5.32 Å². The topological polar surface area (TPSA) is 28.2 Å². The van der Waals surface area contributed by atoms with Gasteiger partial charge in [-0.15, -0.1) is 0 Å². The highest BCUT2D eigenvalue weighted by atomic mass is 15.2. The molecule has 1 aliphatic heterocycles. The molecule has 1 aliphatic carbocycles. The van der Waals surface area contributed by atoms with Gasteiger partial charge in [-0.2, -0.15) is 0 Å².